The Bertz CT molecular complexity index is 512. The van der Waals surface area contributed by atoms with Crippen LogP contribution in [0.15, 0.2) is 29.2 Å². The van der Waals surface area contributed by atoms with E-state index < -0.39 is 22.0 Å². The maximum atomic E-state index is 11.9. The SMILES string of the molecule is CCC[C@H](NS(=O)(=O)c1ccc(Cl)cc1)C(=O)[O-]. The first-order valence-electron chi connectivity index (χ1n) is 5.35. The van der Waals surface area contributed by atoms with E-state index in [2.05, 4.69) is 4.72 Å². The first kappa shape index (κ1) is 14.9. The molecule has 5 nitrogen and oxygen atoms in total. The molecule has 0 aromatic heterocycles. The molecule has 0 bridgehead atoms. The smallest absolute Gasteiger partial charge is 0.241 e. The number of sulfonamides is 1. The number of hydrogen-bond donors (Lipinski definition) is 1. The fourth-order valence-corrected chi connectivity index (χ4v) is 2.73. The molecule has 100 valence electrons. The average Bonchev–Trinajstić information content (AvgIpc) is 2.28. The van der Waals surface area contributed by atoms with Gasteiger partial charge in [0.15, 0.2) is 0 Å². The van der Waals surface area contributed by atoms with E-state index in [-0.39, 0.29) is 11.3 Å². The highest BCUT2D eigenvalue weighted by Crippen LogP contribution is 2.14. The highest BCUT2D eigenvalue weighted by molar-refractivity contribution is 7.89. The lowest BCUT2D eigenvalue weighted by Crippen LogP contribution is -2.47. The molecule has 0 fully saturated rings. The molecule has 1 atom stereocenters. The summed E-state index contributed by atoms with van der Waals surface area (Å²) in [7, 11) is -3.87. The summed E-state index contributed by atoms with van der Waals surface area (Å²) in [6.45, 7) is 1.76. The molecule has 0 aliphatic heterocycles. The molecule has 0 radical (unpaired) electrons. The third-order valence-electron chi connectivity index (χ3n) is 2.28. The lowest BCUT2D eigenvalue weighted by molar-refractivity contribution is -0.308. The van der Waals surface area contributed by atoms with Crippen molar-refractivity contribution in [1.29, 1.82) is 0 Å². The van der Waals surface area contributed by atoms with Crippen LogP contribution in [0.5, 0.6) is 0 Å². The van der Waals surface area contributed by atoms with E-state index in [0.717, 1.165) is 0 Å². The number of carboxylic acids is 1. The summed E-state index contributed by atoms with van der Waals surface area (Å²) in [5, 5.41) is 11.2. The highest BCUT2D eigenvalue weighted by atomic mass is 35.5. The van der Waals surface area contributed by atoms with Gasteiger partial charge in [0.05, 0.1) is 16.9 Å². The number of halogens is 1. The van der Waals surface area contributed by atoms with Crippen LogP contribution in [0.25, 0.3) is 0 Å². The Kier molecular flexibility index (Phi) is 5.13. The lowest BCUT2D eigenvalue weighted by Gasteiger charge is -2.18. The van der Waals surface area contributed by atoms with Crippen LogP contribution < -0.4 is 9.83 Å². The number of nitrogens with one attached hydrogen (secondary N) is 1. The molecule has 1 N–H and O–H groups in total. The van der Waals surface area contributed by atoms with Crippen molar-refractivity contribution in [3.8, 4) is 0 Å². The van der Waals surface area contributed by atoms with Gasteiger partial charge in [-0.3, -0.25) is 0 Å². The van der Waals surface area contributed by atoms with Crippen LogP contribution >= 0.6 is 11.6 Å². The summed E-state index contributed by atoms with van der Waals surface area (Å²) < 4.78 is 25.9. The minimum atomic E-state index is -3.87. The molecule has 0 aliphatic carbocycles. The molecule has 0 aliphatic rings. The van der Waals surface area contributed by atoms with Crippen LogP contribution in [0.3, 0.4) is 0 Å². The van der Waals surface area contributed by atoms with Crippen LogP contribution in [0.2, 0.25) is 5.02 Å². The maximum absolute atomic E-state index is 11.9. The number of carbonyl (C=O) groups is 1. The number of carboxylic acid groups (broad SMARTS) is 1. The van der Waals surface area contributed by atoms with Gasteiger partial charge in [0.25, 0.3) is 0 Å². The molecular formula is C11H13ClNO4S-. The quantitative estimate of drug-likeness (QED) is 0.828. The maximum Gasteiger partial charge on any atom is 0.241 e. The molecule has 1 aromatic carbocycles. The Morgan fingerprint density at radius 2 is 1.94 bits per heavy atom. The van der Waals surface area contributed by atoms with Gasteiger partial charge in [-0.15, -0.1) is 0 Å². The van der Waals surface area contributed by atoms with Gasteiger partial charge in [0.1, 0.15) is 0 Å². The highest BCUT2D eigenvalue weighted by Gasteiger charge is 2.20. The molecule has 0 saturated heterocycles. The number of aliphatic carboxylic acids is 1. The normalized spacial score (nSPS) is 13.2. The van der Waals surface area contributed by atoms with E-state index >= 15 is 0 Å². The molecule has 1 aromatic rings. The second-order valence-electron chi connectivity index (χ2n) is 3.74. The number of carbonyl (C=O) groups excluding carboxylic acids is 1. The summed E-state index contributed by atoms with van der Waals surface area (Å²) in [5.41, 5.74) is 0. The molecule has 18 heavy (non-hydrogen) atoms. The van der Waals surface area contributed by atoms with Gasteiger partial charge in [0, 0.05) is 5.02 Å². The molecular weight excluding hydrogens is 278 g/mol. The van der Waals surface area contributed by atoms with Gasteiger partial charge in [-0.1, -0.05) is 24.9 Å². The predicted octanol–water partition coefficient (Wildman–Crippen LogP) is 0.537. The Labute approximate surface area is 111 Å². The van der Waals surface area contributed by atoms with Gasteiger partial charge in [-0.2, -0.15) is 0 Å². The second-order valence-corrected chi connectivity index (χ2v) is 5.89. The third-order valence-corrected chi connectivity index (χ3v) is 4.02. The molecule has 7 heteroatoms. The summed E-state index contributed by atoms with van der Waals surface area (Å²) in [6, 6.07) is 4.23. The Hall–Kier alpha value is -1.11. The van der Waals surface area contributed by atoms with E-state index in [9.17, 15) is 18.3 Å². The van der Waals surface area contributed by atoms with Gasteiger partial charge in [-0.05, 0) is 30.7 Å². The zero-order valence-electron chi connectivity index (χ0n) is 9.72. The summed E-state index contributed by atoms with van der Waals surface area (Å²) in [4.78, 5) is 10.8. The van der Waals surface area contributed by atoms with E-state index in [1.165, 1.54) is 24.3 Å². The molecule has 1 rings (SSSR count). The van der Waals surface area contributed by atoms with Crippen molar-refractivity contribution < 1.29 is 18.3 Å². The van der Waals surface area contributed by atoms with Crippen molar-refractivity contribution in [3.63, 3.8) is 0 Å². The van der Waals surface area contributed by atoms with E-state index in [1.807, 2.05) is 0 Å². The van der Waals surface area contributed by atoms with Gasteiger partial charge >= 0.3 is 0 Å². The fourth-order valence-electron chi connectivity index (χ4n) is 1.38. The predicted molar refractivity (Wildman–Crippen MR) is 65.5 cm³/mol. The van der Waals surface area contributed by atoms with Gasteiger partial charge < -0.3 is 9.90 Å². The number of hydrogen-bond acceptors (Lipinski definition) is 4. The molecule has 0 saturated carbocycles. The van der Waals surface area contributed by atoms with Crippen molar-refractivity contribution in [2.45, 2.75) is 30.7 Å². The van der Waals surface area contributed by atoms with Crippen LogP contribution in [0, 0.1) is 0 Å². The van der Waals surface area contributed by atoms with Gasteiger partial charge in [-0.25, -0.2) is 13.1 Å². The van der Waals surface area contributed by atoms with Crippen molar-refractivity contribution in [2.24, 2.45) is 0 Å². The molecule has 0 unspecified atom stereocenters. The van der Waals surface area contributed by atoms with Gasteiger partial charge in [0.2, 0.25) is 10.0 Å². The van der Waals surface area contributed by atoms with E-state index in [1.54, 1.807) is 6.92 Å². The summed E-state index contributed by atoms with van der Waals surface area (Å²) in [6.07, 6.45) is 0.705. The van der Waals surface area contributed by atoms with Crippen LogP contribution in [0.1, 0.15) is 19.8 Å². The first-order chi connectivity index (χ1) is 8.36. The van der Waals surface area contributed by atoms with Crippen LogP contribution in [-0.2, 0) is 14.8 Å². The largest absolute Gasteiger partial charge is 0.548 e. The van der Waals surface area contributed by atoms with Crippen molar-refractivity contribution >= 4 is 27.6 Å². The summed E-state index contributed by atoms with van der Waals surface area (Å²) >= 11 is 5.65. The van der Waals surface area contributed by atoms with E-state index in [4.69, 9.17) is 11.6 Å². The van der Waals surface area contributed by atoms with Crippen LogP contribution in [0.4, 0.5) is 0 Å². The topological polar surface area (TPSA) is 86.3 Å². The number of rotatable bonds is 6. The minimum Gasteiger partial charge on any atom is -0.548 e. The zero-order valence-corrected chi connectivity index (χ0v) is 11.3. The Balaban J connectivity index is 2.93. The van der Waals surface area contributed by atoms with Crippen molar-refractivity contribution in [3.05, 3.63) is 29.3 Å². The second kappa shape index (κ2) is 6.17. The van der Waals surface area contributed by atoms with Crippen molar-refractivity contribution in [2.75, 3.05) is 0 Å². The fraction of sp³-hybridized carbons (Fsp3) is 0.364. The van der Waals surface area contributed by atoms with Crippen LogP contribution in [-0.4, -0.2) is 20.4 Å². The molecule has 0 heterocycles. The number of benzene rings is 1. The molecule has 0 spiro atoms. The standard InChI is InChI=1S/C11H14ClNO4S/c1-2-3-10(11(14)15)13-18(16,17)9-6-4-8(12)5-7-9/h4-7,10,13H,2-3H2,1H3,(H,14,15)/p-1/t10-/m0/s1. The van der Waals surface area contributed by atoms with E-state index in [0.29, 0.717) is 11.4 Å². The minimum absolute atomic E-state index is 0.0331. The first-order valence-corrected chi connectivity index (χ1v) is 7.21. The third kappa shape index (κ3) is 3.97. The lowest BCUT2D eigenvalue weighted by atomic mass is 10.2. The Morgan fingerprint density at radius 3 is 2.39 bits per heavy atom. The monoisotopic (exact) mass is 290 g/mol. The zero-order chi connectivity index (χ0) is 13.8. The summed E-state index contributed by atoms with van der Waals surface area (Å²) in [5.74, 6) is -1.44. The Morgan fingerprint density at radius 1 is 1.39 bits per heavy atom. The average molecular weight is 291 g/mol. The molecule has 0 amide bonds. The van der Waals surface area contributed by atoms with Crippen molar-refractivity contribution in [1.82, 2.24) is 4.72 Å².